The highest BCUT2D eigenvalue weighted by atomic mass is 16.5. The van der Waals surface area contributed by atoms with Crippen LogP contribution in [-0.4, -0.2) is 25.0 Å². The Morgan fingerprint density at radius 1 is 1.05 bits per heavy atom. The van der Waals surface area contributed by atoms with E-state index >= 15 is 0 Å². The van der Waals surface area contributed by atoms with E-state index in [0.29, 0.717) is 6.61 Å². The molecule has 1 amide bonds. The zero-order valence-electron chi connectivity index (χ0n) is 13.3. The first-order valence-electron chi connectivity index (χ1n) is 6.96. The van der Waals surface area contributed by atoms with Crippen molar-refractivity contribution in [2.45, 2.75) is 60.8 Å². The van der Waals surface area contributed by atoms with E-state index < -0.39 is 0 Å². The minimum Gasteiger partial charge on any atom is -0.464 e. The molecule has 4 heteroatoms. The molecule has 0 aromatic carbocycles. The molecule has 0 aliphatic heterocycles. The summed E-state index contributed by atoms with van der Waals surface area (Å²) >= 11 is 0. The van der Waals surface area contributed by atoms with Gasteiger partial charge in [0.2, 0.25) is 5.91 Å². The molecule has 0 atom stereocenters. The van der Waals surface area contributed by atoms with Crippen LogP contribution in [0.3, 0.4) is 0 Å². The second-order valence-electron chi connectivity index (χ2n) is 6.72. The molecule has 0 aromatic rings. The van der Waals surface area contributed by atoms with Gasteiger partial charge in [0, 0.05) is 6.92 Å². The SMILES string of the molecule is CC(=O)NCC(=O)OCCCCC(C)(C)C(C)(C)C. The Morgan fingerprint density at radius 3 is 2.11 bits per heavy atom. The van der Waals surface area contributed by atoms with E-state index in [1.807, 2.05) is 0 Å². The van der Waals surface area contributed by atoms with Crippen molar-refractivity contribution in [2.75, 3.05) is 13.2 Å². The molecule has 0 aliphatic rings. The van der Waals surface area contributed by atoms with E-state index in [1.54, 1.807) is 0 Å². The summed E-state index contributed by atoms with van der Waals surface area (Å²) in [6.45, 7) is 13.1. The minimum absolute atomic E-state index is 0.0389. The van der Waals surface area contributed by atoms with Crippen molar-refractivity contribution in [1.29, 1.82) is 0 Å². The average Bonchev–Trinajstić information content (AvgIpc) is 2.24. The van der Waals surface area contributed by atoms with Gasteiger partial charge in [-0.05, 0) is 30.1 Å². The lowest BCUT2D eigenvalue weighted by molar-refractivity contribution is -0.143. The molecular formula is C15H29NO3. The van der Waals surface area contributed by atoms with Crippen LogP contribution < -0.4 is 5.32 Å². The van der Waals surface area contributed by atoms with Crippen LogP contribution in [0.2, 0.25) is 0 Å². The quantitative estimate of drug-likeness (QED) is 0.572. The molecule has 19 heavy (non-hydrogen) atoms. The largest absolute Gasteiger partial charge is 0.464 e. The van der Waals surface area contributed by atoms with Crippen LogP contribution in [0.1, 0.15) is 60.8 Å². The molecule has 112 valence electrons. The Balaban J connectivity index is 3.71. The van der Waals surface area contributed by atoms with E-state index in [2.05, 4.69) is 39.9 Å². The van der Waals surface area contributed by atoms with Gasteiger partial charge in [0.15, 0.2) is 0 Å². The predicted octanol–water partition coefficient (Wildman–Crippen LogP) is 2.91. The summed E-state index contributed by atoms with van der Waals surface area (Å²) in [5, 5.41) is 2.42. The third-order valence-electron chi connectivity index (χ3n) is 3.97. The second-order valence-corrected chi connectivity index (χ2v) is 6.72. The molecule has 0 rings (SSSR count). The van der Waals surface area contributed by atoms with Crippen LogP contribution in [0, 0.1) is 10.8 Å². The Hall–Kier alpha value is -1.06. The molecule has 0 radical (unpaired) electrons. The van der Waals surface area contributed by atoms with Gasteiger partial charge in [-0.1, -0.05) is 34.6 Å². The van der Waals surface area contributed by atoms with E-state index in [1.165, 1.54) is 6.92 Å². The lowest BCUT2D eigenvalue weighted by atomic mass is 9.67. The van der Waals surface area contributed by atoms with E-state index in [9.17, 15) is 9.59 Å². The molecule has 0 fully saturated rings. The smallest absolute Gasteiger partial charge is 0.325 e. The molecule has 0 saturated heterocycles. The maximum atomic E-state index is 11.2. The van der Waals surface area contributed by atoms with Gasteiger partial charge >= 0.3 is 5.97 Å². The fourth-order valence-electron chi connectivity index (χ4n) is 1.48. The second kappa shape index (κ2) is 7.51. The number of carbonyl (C=O) groups is 2. The van der Waals surface area contributed by atoms with Gasteiger partial charge in [0.25, 0.3) is 0 Å². The summed E-state index contributed by atoms with van der Waals surface area (Å²) in [7, 11) is 0. The number of hydrogen-bond acceptors (Lipinski definition) is 3. The highest BCUT2D eigenvalue weighted by Gasteiger charge is 2.31. The van der Waals surface area contributed by atoms with Gasteiger partial charge < -0.3 is 10.1 Å². The van der Waals surface area contributed by atoms with Crippen molar-refractivity contribution in [3.63, 3.8) is 0 Å². The Labute approximate surface area is 117 Å². The number of ether oxygens (including phenoxy) is 1. The molecule has 0 aromatic heterocycles. The maximum Gasteiger partial charge on any atom is 0.325 e. The van der Waals surface area contributed by atoms with Gasteiger partial charge in [0.05, 0.1) is 6.61 Å². The van der Waals surface area contributed by atoms with Crippen molar-refractivity contribution in [1.82, 2.24) is 5.32 Å². The van der Waals surface area contributed by atoms with Gasteiger partial charge in [-0.25, -0.2) is 0 Å². The monoisotopic (exact) mass is 271 g/mol. The predicted molar refractivity (Wildman–Crippen MR) is 76.7 cm³/mol. The highest BCUT2D eigenvalue weighted by Crippen LogP contribution is 2.41. The van der Waals surface area contributed by atoms with E-state index in [4.69, 9.17) is 4.74 Å². The van der Waals surface area contributed by atoms with Crippen LogP contribution in [0.25, 0.3) is 0 Å². The Bertz CT molecular complexity index is 303. The summed E-state index contributed by atoms with van der Waals surface area (Å²) in [6.07, 6.45) is 3.02. The summed E-state index contributed by atoms with van der Waals surface area (Å²) in [4.78, 5) is 21.8. The van der Waals surface area contributed by atoms with Crippen molar-refractivity contribution in [3.8, 4) is 0 Å². The molecule has 1 N–H and O–H groups in total. The first-order valence-corrected chi connectivity index (χ1v) is 6.96. The topological polar surface area (TPSA) is 55.4 Å². The van der Waals surface area contributed by atoms with E-state index in [-0.39, 0.29) is 29.3 Å². The lowest BCUT2D eigenvalue weighted by Crippen LogP contribution is -2.30. The Morgan fingerprint density at radius 2 is 1.63 bits per heavy atom. The molecular weight excluding hydrogens is 242 g/mol. The molecule has 0 unspecified atom stereocenters. The minimum atomic E-state index is -0.370. The molecule has 0 saturated carbocycles. The summed E-state index contributed by atoms with van der Waals surface area (Å²) in [5.41, 5.74) is 0.544. The maximum absolute atomic E-state index is 11.2. The molecule has 0 aliphatic carbocycles. The average molecular weight is 271 g/mol. The standard InChI is InChI=1S/C15H29NO3/c1-12(17)16-11-13(18)19-10-8-7-9-15(5,6)14(2,3)4/h7-11H2,1-6H3,(H,16,17). The number of hydrogen-bond donors (Lipinski definition) is 1. The molecule has 0 bridgehead atoms. The fourth-order valence-corrected chi connectivity index (χ4v) is 1.48. The number of rotatable bonds is 7. The van der Waals surface area contributed by atoms with Crippen LogP contribution in [0.4, 0.5) is 0 Å². The summed E-state index contributed by atoms with van der Waals surface area (Å²) in [5.74, 6) is -0.589. The van der Waals surface area contributed by atoms with Crippen molar-refractivity contribution >= 4 is 11.9 Å². The number of amides is 1. The van der Waals surface area contributed by atoms with Crippen molar-refractivity contribution in [3.05, 3.63) is 0 Å². The van der Waals surface area contributed by atoms with E-state index in [0.717, 1.165) is 19.3 Å². The Kier molecular flexibility index (Phi) is 7.09. The fraction of sp³-hybridized carbons (Fsp3) is 0.867. The first kappa shape index (κ1) is 17.9. The first-order chi connectivity index (χ1) is 8.56. The van der Waals surface area contributed by atoms with Crippen LogP contribution in [0.5, 0.6) is 0 Å². The lowest BCUT2D eigenvalue weighted by Gasteiger charge is -2.39. The molecule has 0 spiro atoms. The number of carbonyl (C=O) groups excluding carboxylic acids is 2. The third-order valence-corrected chi connectivity index (χ3v) is 3.97. The summed E-state index contributed by atoms with van der Waals surface area (Å²) in [6, 6.07) is 0. The van der Waals surface area contributed by atoms with Crippen LogP contribution >= 0.6 is 0 Å². The van der Waals surface area contributed by atoms with Crippen molar-refractivity contribution in [2.24, 2.45) is 10.8 Å². The van der Waals surface area contributed by atoms with Crippen LogP contribution in [-0.2, 0) is 14.3 Å². The van der Waals surface area contributed by atoms with Gasteiger partial charge in [-0.3, -0.25) is 9.59 Å². The number of nitrogens with one attached hydrogen (secondary N) is 1. The zero-order valence-corrected chi connectivity index (χ0v) is 13.3. The summed E-state index contributed by atoms with van der Waals surface area (Å²) < 4.78 is 5.04. The zero-order chi connectivity index (χ0) is 15.1. The van der Waals surface area contributed by atoms with Gasteiger partial charge in [0.1, 0.15) is 6.54 Å². The number of unbranched alkanes of at least 4 members (excludes halogenated alkanes) is 1. The number of esters is 1. The van der Waals surface area contributed by atoms with Gasteiger partial charge in [-0.2, -0.15) is 0 Å². The van der Waals surface area contributed by atoms with Crippen molar-refractivity contribution < 1.29 is 14.3 Å². The highest BCUT2D eigenvalue weighted by molar-refractivity contribution is 5.80. The van der Waals surface area contributed by atoms with Gasteiger partial charge in [-0.15, -0.1) is 0 Å². The molecule has 4 nitrogen and oxygen atoms in total. The molecule has 0 heterocycles. The third kappa shape index (κ3) is 7.85. The normalized spacial score (nSPS) is 12.1. The van der Waals surface area contributed by atoms with Crippen LogP contribution in [0.15, 0.2) is 0 Å².